The summed E-state index contributed by atoms with van der Waals surface area (Å²) in [5, 5.41) is 10.7. The Bertz CT molecular complexity index is 493. The van der Waals surface area contributed by atoms with Crippen LogP contribution in [0.4, 0.5) is 0 Å². The van der Waals surface area contributed by atoms with Gasteiger partial charge in [0.05, 0.1) is 11.9 Å². The molecule has 0 radical (unpaired) electrons. The summed E-state index contributed by atoms with van der Waals surface area (Å²) in [6, 6.07) is 5.24. The van der Waals surface area contributed by atoms with E-state index in [1.807, 2.05) is 0 Å². The molecule has 0 aliphatic rings. The zero-order valence-corrected chi connectivity index (χ0v) is 10.5. The molecule has 1 aromatic carbocycles. The lowest BCUT2D eigenvalue weighted by atomic mass is 10.1. The Morgan fingerprint density at radius 1 is 1.31 bits per heavy atom. The maximum absolute atomic E-state index is 10.1. The molecule has 0 saturated heterocycles. The zero-order valence-electron chi connectivity index (χ0n) is 8.14. The number of nitrogens with zero attached hydrogens (tertiary/aromatic N) is 2. The van der Waals surface area contributed by atoms with Crippen molar-refractivity contribution in [1.82, 2.24) is 9.97 Å². The number of hydrogen-bond acceptors (Lipinski definition) is 3. The second-order valence-corrected chi connectivity index (χ2v) is 4.49. The summed E-state index contributed by atoms with van der Waals surface area (Å²) in [6.45, 7) is 0. The second-order valence-electron chi connectivity index (χ2n) is 3.20. The summed E-state index contributed by atoms with van der Waals surface area (Å²) in [5.41, 5.74) is 1.17. The van der Waals surface area contributed by atoms with Gasteiger partial charge in [0.1, 0.15) is 6.10 Å². The molecule has 2 aromatic rings. The Kier molecular flexibility index (Phi) is 3.53. The van der Waals surface area contributed by atoms with Crippen molar-refractivity contribution in [2.45, 2.75) is 6.10 Å². The van der Waals surface area contributed by atoms with Crippen LogP contribution in [-0.4, -0.2) is 15.1 Å². The normalized spacial score (nSPS) is 12.4. The van der Waals surface area contributed by atoms with E-state index in [2.05, 4.69) is 25.9 Å². The third-order valence-electron chi connectivity index (χ3n) is 2.12. The molecule has 0 bridgehead atoms. The van der Waals surface area contributed by atoms with Gasteiger partial charge in [-0.1, -0.05) is 27.5 Å². The van der Waals surface area contributed by atoms with Gasteiger partial charge in [0.25, 0.3) is 0 Å². The van der Waals surface area contributed by atoms with Crippen molar-refractivity contribution < 1.29 is 5.11 Å². The predicted molar refractivity (Wildman–Crippen MR) is 65.2 cm³/mol. The first-order valence-electron chi connectivity index (χ1n) is 4.57. The first-order chi connectivity index (χ1) is 7.68. The van der Waals surface area contributed by atoms with Crippen molar-refractivity contribution in [1.29, 1.82) is 0 Å². The lowest BCUT2D eigenvalue weighted by molar-refractivity contribution is 0.214. The number of benzene rings is 1. The minimum atomic E-state index is -0.832. The van der Waals surface area contributed by atoms with E-state index in [1.165, 1.54) is 12.4 Å². The molecule has 0 saturated carbocycles. The van der Waals surface area contributed by atoms with Gasteiger partial charge in [-0.2, -0.15) is 0 Å². The molecule has 0 spiro atoms. The summed E-state index contributed by atoms with van der Waals surface area (Å²) in [7, 11) is 0. The number of hydrogen-bond donors (Lipinski definition) is 1. The highest BCUT2D eigenvalue weighted by Crippen LogP contribution is 2.29. The first-order valence-corrected chi connectivity index (χ1v) is 5.74. The highest BCUT2D eigenvalue weighted by molar-refractivity contribution is 9.10. The Morgan fingerprint density at radius 3 is 2.81 bits per heavy atom. The van der Waals surface area contributed by atoms with Crippen LogP contribution in [0.15, 0.2) is 41.3 Å². The van der Waals surface area contributed by atoms with Crippen molar-refractivity contribution in [3.63, 3.8) is 0 Å². The maximum atomic E-state index is 10.1. The van der Waals surface area contributed by atoms with Crippen LogP contribution in [-0.2, 0) is 0 Å². The summed E-state index contributed by atoms with van der Waals surface area (Å²) < 4.78 is 0.787. The Hall–Kier alpha value is -0.970. The SMILES string of the molecule is OC(c1cnccn1)c1cc(Cl)ccc1Br. The van der Waals surface area contributed by atoms with Gasteiger partial charge in [0.15, 0.2) is 0 Å². The van der Waals surface area contributed by atoms with Crippen molar-refractivity contribution >= 4 is 27.5 Å². The molecule has 1 unspecified atom stereocenters. The Labute approximate surface area is 106 Å². The van der Waals surface area contributed by atoms with Gasteiger partial charge in [-0.3, -0.25) is 9.97 Å². The predicted octanol–water partition coefficient (Wildman–Crippen LogP) is 2.97. The van der Waals surface area contributed by atoms with E-state index in [-0.39, 0.29) is 0 Å². The lowest BCUT2D eigenvalue weighted by Crippen LogP contribution is -2.03. The van der Waals surface area contributed by atoms with Crippen molar-refractivity contribution in [2.75, 3.05) is 0 Å². The van der Waals surface area contributed by atoms with Crippen LogP contribution >= 0.6 is 27.5 Å². The van der Waals surface area contributed by atoms with Gasteiger partial charge >= 0.3 is 0 Å². The van der Waals surface area contributed by atoms with E-state index >= 15 is 0 Å². The summed E-state index contributed by atoms with van der Waals surface area (Å²) in [6.07, 6.45) is 3.79. The third-order valence-corrected chi connectivity index (χ3v) is 3.07. The van der Waals surface area contributed by atoms with E-state index in [1.54, 1.807) is 24.4 Å². The summed E-state index contributed by atoms with van der Waals surface area (Å²) in [5.74, 6) is 0. The zero-order chi connectivity index (χ0) is 11.5. The first kappa shape index (κ1) is 11.5. The molecule has 0 fully saturated rings. The van der Waals surface area contributed by atoms with Gasteiger partial charge < -0.3 is 5.11 Å². The van der Waals surface area contributed by atoms with E-state index in [4.69, 9.17) is 11.6 Å². The molecular weight excluding hydrogens is 291 g/mol. The minimum absolute atomic E-state index is 0.491. The molecule has 1 aromatic heterocycles. The van der Waals surface area contributed by atoms with Crippen LogP contribution in [0.5, 0.6) is 0 Å². The Balaban J connectivity index is 2.41. The summed E-state index contributed by atoms with van der Waals surface area (Å²) >= 11 is 9.24. The van der Waals surface area contributed by atoms with E-state index in [0.29, 0.717) is 16.3 Å². The lowest BCUT2D eigenvalue weighted by Gasteiger charge is -2.12. The monoisotopic (exact) mass is 298 g/mol. The highest BCUT2D eigenvalue weighted by Gasteiger charge is 2.15. The van der Waals surface area contributed by atoms with Crippen molar-refractivity contribution in [2.24, 2.45) is 0 Å². The number of aliphatic hydroxyl groups excluding tert-OH is 1. The number of aromatic nitrogens is 2. The number of aliphatic hydroxyl groups is 1. The molecule has 0 amide bonds. The molecule has 5 heteroatoms. The third kappa shape index (κ3) is 2.40. The van der Waals surface area contributed by atoms with E-state index in [0.717, 1.165) is 4.47 Å². The fourth-order valence-corrected chi connectivity index (χ4v) is 1.98. The van der Waals surface area contributed by atoms with Crippen LogP contribution in [0.3, 0.4) is 0 Å². The van der Waals surface area contributed by atoms with Gasteiger partial charge in [-0.25, -0.2) is 0 Å². The fraction of sp³-hybridized carbons (Fsp3) is 0.0909. The van der Waals surface area contributed by atoms with Gasteiger partial charge in [0.2, 0.25) is 0 Å². The molecule has 16 heavy (non-hydrogen) atoms. The smallest absolute Gasteiger partial charge is 0.124 e. The maximum Gasteiger partial charge on any atom is 0.124 e. The van der Waals surface area contributed by atoms with Crippen molar-refractivity contribution in [3.05, 3.63) is 57.5 Å². The van der Waals surface area contributed by atoms with Crippen LogP contribution in [0, 0.1) is 0 Å². The largest absolute Gasteiger partial charge is 0.382 e. The van der Waals surface area contributed by atoms with Crippen LogP contribution in [0.2, 0.25) is 5.02 Å². The Morgan fingerprint density at radius 2 is 2.12 bits per heavy atom. The standard InChI is InChI=1S/C11H8BrClN2O/c12-9-2-1-7(13)5-8(9)11(16)10-6-14-3-4-15-10/h1-6,11,16H. The van der Waals surface area contributed by atoms with Crippen LogP contribution in [0.1, 0.15) is 17.4 Å². The van der Waals surface area contributed by atoms with Gasteiger partial charge in [-0.05, 0) is 18.2 Å². The quantitative estimate of drug-likeness (QED) is 0.927. The molecule has 1 N–H and O–H groups in total. The fourth-order valence-electron chi connectivity index (χ4n) is 1.34. The van der Waals surface area contributed by atoms with Crippen LogP contribution in [0.25, 0.3) is 0 Å². The molecule has 1 heterocycles. The second kappa shape index (κ2) is 4.91. The number of halogens is 2. The topological polar surface area (TPSA) is 46.0 Å². The molecular formula is C11H8BrClN2O. The van der Waals surface area contributed by atoms with Gasteiger partial charge in [-0.15, -0.1) is 0 Å². The average molecular weight is 300 g/mol. The number of rotatable bonds is 2. The minimum Gasteiger partial charge on any atom is -0.382 e. The molecule has 0 aliphatic carbocycles. The molecule has 82 valence electrons. The molecule has 0 aliphatic heterocycles. The highest BCUT2D eigenvalue weighted by atomic mass is 79.9. The molecule has 1 atom stereocenters. The van der Waals surface area contributed by atoms with Crippen molar-refractivity contribution in [3.8, 4) is 0 Å². The van der Waals surface area contributed by atoms with E-state index in [9.17, 15) is 5.11 Å². The summed E-state index contributed by atoms with van der Waals surface area (Å²) in [4.78, 5) is 7.96. The average Bonchev–Trinajstić information content (AvgIpc) is 2.32. The van der Waals surface area contributed by atoms with Crippen LogP contribution < -0.4 is 0 Å². The molecule has 2 rings (SSSR count). The van der Waals surface area contributed by atoms with Gasteiger partial charge in [0, 0.05) is 27.5 Å². The van der Waals surface area contributed by atoms with E-state index < -0.39 is 6.10 Å². The molecule has 3 nitrogen and oxygen atoms in total.